The zero-order chi connectivity index (χ0) is 26.0. The van der Waals surface area contributed by atoms with E-state index in [0.29, 0.717) is 12.0 Å². The topological polar surface area (TPSA) is 86.5 Å². The van der Waals surface area contributed by atoms with E-state index in [-0.39, 0.29) is 30.2 Å². The number of amides is 3. The van der Waals surface area contributed by atoms with Crippen molar-refractivity contribution in [2.45, 2.75) is 38.9 Å². The molecule has 0 spiro atoms. The lowest BCUT2D eigenvalue weighted by Crippen LogP contribution is -2.45. The number of hydrogen-bond acceptors (Lipinski definition) is 5. The van der Waals surface area contributed by atoms with Crippen molar-refractivity contribution in [1.82, 2.24) is 14.8 Å². The van der Waals surface area contributed by atoms with E-state index in [9.17, 15) is 18.4 Å². The molecule has 1 fully saturated rings. The molecule has 2 heterocycles. The zero-order valence-electron chi connectivity index (χ0n) is 20.2. The van der Waals surface area contributed by atoms with Crippen LogP contribution in [-0.2, 0) is 4.79 Å². The minimum Gasteiger partial charge on any atom is -0.490 e. The van der Waals surface area contributed by atoms with Gasteiger partial charge in [0.2, 0.25) is 0 Å². The van der Waals surface area contributed by atoms with E-state index >= 15 is 0 Å². The predicted molar refractivity (Wildman–Crippen MR) is 129 cm³/mol. The number of rotatable bonds is 7. The summed E-state index contributed by atoms with van der Waals surface area (Å²) in [6.45, 7) is 5.11. The molecule has 9 heteroatoms. The van der Waals surface area contributed by atoms with E-state index in [1.165, 1.54) is 23.1 Å². The van der Waals surface area contributed by atoms with Crippen LogP contribution >= 0.6 is 0 Å². The normalized spacial score (nSPS) is 21.2. The summed E-state index contributed by atoms with van der Waals surface area (Å²) < 4.78 is 34.8. The molecule has 1 aromatic carbocycles. The maximum absolute atomic E-state index is 14.6. The van der Waals surface area contributed by atoms with Gasteiger partial charge in [-0.25, -0.2) is 18.5 Å². The summed E-state index contributed by atoms with van der Waals surface area (Å²) in [6, 6.07) is 9.50. The Morgan fingerprint density at radius 1 is 1.14 bits per heavy atom. The number of alkyl halides is 1. The SMILES string of the molecule is CC1C(N2C(=O)N(CCCOc3ccc(-c4ccncc4)cc3F)C(C)(C)C2=O)=CC=C(C#N)C1F. The fraction of sp³-hybridized carbons (Fsp3) is 0.333. The fourth-order valence-electron chi connectivity index (χ4n) is 4.40. The van der Waals surface area contributed by atoms with Crippen LogP contribution < -0.4 is 4.74 Å². The molecule has 2 aliphatic rings. The highest BCUT2D eigenvalue weighted by Gasteiger charge is 2.53. The molecule has 0 saturated carbocycles. The number of pyridine rings is 1. The van der Waals surface area contributed by atoms with Crippen LogP contribution in [0.2, 0.25) is 0 Å². The van der Waals surface area contributed by atoms with E-state index in [2.05, 4.69) is 4.98 Å². The van der Waals surface area contributed by atoms with Crippen LogP contribution in [0.15, 0.2) is 66.1 Å². The van der Waals surface area contributed by atoms with Crippen LogP contribution in [-0.4, -0.2) is 51.6 Å². The molecule has 36 heavy (non-hydrogen) atoms. The second-order valence-corrected chi connectivity index (χ2v) is 9.23. The van der Waals surface area contributed by atoms with E-state index in [1.807, 2.05) is 0 Å². The standard InChI is InChI=1S/C27H26F2N4O3/c1-17-22(7-5-20(16-30)24(17)29)33-25(34)27(2,3)32(26(33)35)13-4-14-36-23-8-6-19(15-21(23)28)18-9-11-31-12-10-18/h5-12,15,17,24H,4,13-14H2,1-3H3. The number of aromatic nitrogens is 1. The number of urea groups is 1. The van der Waals surface area contributed by atoms with Gasteiger partial charge in [0.05, 0.1) is 18.2 Å². The third kappa shape index (κ3) is 4.47. The lowest BCUT2D eigenvalue weighted by Gasteiger charge is -2.28. The summed E-state index contributed by atoms with van der Waals surface area (Å²) in [5.74, 6) is -1.71. The third-order valence-electron chi connectivity index (χ3n) is 6.58. The van der Waals surface area contributed by atoms with Gasteiger partial charge >= 0.3 is 6.03 Å². The van der Waals surface area contributed by atoms with E-state index < -0.39 is 35.4 Å². The highest BCUT2D eigenvalue weighted by Crippen LogP contribution is 2.37. The minimum atomic E-state index is -1.60. The third-order valence-corrected chi connectivity index (χ3v) is 6.58. The summed E-state index contributed by atoms with van der Waals surface area (Å²) in [7, 11) is 0. The monoisotopic (exact) mass is 492 g/mol. The van der Waals surface area contributed by atoms with Crippen LogP contribution in [0, 0.1) is 23.1 Å². The second-order valence-electron chi connectivity index (χ2n) is 9.23. The molecule has 0 radical (unpaired) electrons. The molecule has 186 valence electrons. The Bertz CT molecular complexity index is 1280. The van der Waals surface area contributed by atoms with Crippen LogP contribution in [0.5, 0.6) is 5.75 Å². The van der Waals surface area contributed by atoms with E-state index in [1.54, 1.807) is 63.5 Å². The molecule has 3 amide bonds. The molecule has 4 rings (SSSR count). The van der Waals surface area contributed by atoms with Crippen LogP contribution in [0.4, 0.5) is 13.6 Å². The summed E-state index contributed by atoms with van der Waals surface area (Å²) in [4.78, 5) is 32.7. The largest absolute Gasteiger partial charge is 0.490 e. The number of ether oxygens (including phenoxy) is 1. The number of benzene rings is 1. The number of halogens is 2. The summed E-state index contributed by atoms with van der Waals surface area (Å²) >= 11 is 0. The fourth-order valence-corrected chi connectivity index (χ4v) is 4.40. The Balaban J connectivity index is 1.40. The number of hydrogen-bond donors (Lipinski definition) is 0. The highest BCUT2D eigenvalue weighted by molar-refractivity contribution is 6.08. The molecule has 7 nitrogen and oxygen atoms in total. The molecule has 1 saturated heterocycles. The van der Waals surface area contributed by atoms with Gasteiger partial charge in [-0.3, -0.25) is 9.78 Å². The molecule has 2 atom stereocenters. The maximum atomic E-state index is 14.6. The number of imide groups is 1. The maximum Gasteiger partial charge on any atom is 0.332 e. The number of nitrogens with zero attached hydrogens (tertiary/aromatic N) is 4. The zero-order valence-corrected chi connectivity index (χ0v) is 20.2. The van der Waals surface area contributed by atoms with Crippen LogP contribution in [0.1, 0.15) is 27.2 Å². The van der Waals surface area contributed by atoms with Gasteiger partial charge in [-0.1, -0.05) is 13.0 Å². The van der Waals surface area contributed by atoms with Crippen molar-refractivity contribution < 1.29 is 23.1 Å². The lowest BCUT2D eigenvalue weighted by atomic mass is 9.90. The van der Waals surface area contributed by atoms with Gasteiger partial charge in [0, 0.05) is 30.6 Å². The molecule has 0 N–H and O–H groups in total. The number of carbonyl (C=O) groups excluding carboxylic acids is 2. The molecule has 0 bridgehead atoms. The molecular weight excluding hydrogens is 466 g/mol. The van der Waals surface area contributed by atoms with Crippen molar-refractivity contribution in [1.29, 1.82) is 5.26 Å². The first-order chi connectivity index (χ1) is 17.2. The molecule has 2 unspecified atom stereocenters. The van der Waals surface area contributed by atoms with Gasteiger partial charge in [0.15, 0.2) is 11.6 Å². The first kappa shape index (κ1) is 25.0. The molecular formula is C27H26F2N4O3. The van der Waals surface area contributed by atoms with Crippen molar-refractivity contribution in [3.8, 4) is 22.9 Å². The van der Waals surface area contributed by atoms with Crippen molar-refractivity contribution >= 4 is 11.9 Å². The average Bonchev–Trinajstić information content (AvgIpc) is 3.03. The Kier molecular flexibility index (Phi) is 6.88. The predicted octanol–water partition coefficient (Wildman–Crippen LogP) is 5.02. The van der Waals surface area contributed by atoms with Gasteiger partial charge in [-0.15, -0.1) is 0 Å². The van der Waals surface area contributed by atoms with Gasteiger partial charge in [0.1, 0.15) is 11.7 Å². The Morgan fingerprint density at radius 3 is 2.53 bits per heavy atom. The Hall–Kier alpha value is -4.06. The molecule has 1 aromatic heterocycles. The smallest absolute Gasteiger partial charge is 0.332 e. The molecule has 1 aliphatic carbocycles. The van der Waals surface area contributed by atoms with Crippen LogP contribution in [0.25, 0.3) is 11.1 Å². The second kappa shape index (κ2) is 9.90. The minimum absolute atomic E-state index is 0.0420. The summed E-state index contributed by atoms with van der Waals surface area (Å²) in [5.41, 5.74) is 0.559. The van der Waals surface area contributed by atoms with E-state index in [0.717, 1.165) is 10.5 Å². The van der Waals surface area contributed by atoms with Crippen molar-refractivity contribution in [2.24, 2.45) is 5.92 Å². The summed E-state index contributed by atoms with van der Waals surface area (Å²) in [5, 5.41) is 9.06. The van der Waals surface area contributed by atoms with E-state index in [4.69, 9.17) is 10.00 Å². The lowest BCUT2D eigenvalue weighted by molar-refractivity contribution is -0.131. The van der Waals surface area contributed by atoms with Gasteiger partial charge < -0.3 is 9.64 Å². The van der Waals surface area contributed by atoms with Gasteiger partial charge in [-0.2, -0.15) is 5.26 Å². The first-order valence-corrected chi connectivity index (χ1v) is 11.6. The summed E-state index contributed by atoms with van der Waals surface area (Å²) in [6.07, 6.45) is 4.77. The van der Waals surface area contributed by atoms with Gasteiger partial charge in [0.25, 0.3) is 5.91 Å². The number of nitriles is 1. The van der Waals surface area contributed by atoms with Crippen LogP contribution in [0.3, 0.4) is 0 Å². The average molecular weight is 493 g/mol. The Morgan fingerprint density at radius 2 is 1.86 bits per heavy atom. The first-order valence-electron chi connectivity index (χ1n) is 11.6. The van der Waals surface area contributed by atoms with Gasteiger partial charge in [-0.05, 0) is 67.8 Å². The number of allylic oxidation sites excluding steroid dienone is 4. The Labute approximate surface area is 208 Å². The van der Waals surface area contributed by atoms with Crippen molar-refractivity contribution in [2.75, 3.05) is 13.2 Å². The van der Waals surface area contributed by atoms with Crippen molar-refractivity contribution in [3.05, 3.63) is 72.0 Å². The molecule has 2 aromatic rings. The van der Waals surface area contributed by atoms with Crippen molar-refractivity contribution in [3.63, 3.8) is 0 Å². The number of carbonyl (C=O) groups is 2. The quantitative estimate of drug-likeness (QED) is 0.400. The molecule has 1 aliphatic heterocycles. The highest BCUT2D eigenvalue weighted by atomic mass is 19.1.